The van der Waals surface area contributed by atoms with Crippen LogP contribution in [0.5, 0.6) is 0 Å². The minimum Gasteiger partial charge on any atom is -0.348 e. The fourth-order valence-electron chi connectivity index (χ4n) is 3.85. The van der Waals surface area contributed by atoms with Gasteiger partial charge in [0.1, 0.15) is 11.5 Å². The van der Waals surface area contributed by atoms with Crippen LogP contribution in [-0.2, 0) is 13.0 Å². The molecule has 0 fully saturated rings. The monoisotopic (exact) mass is 415 g/mol. The zero-order chi connectivity index (χ0) is 21.6. The van der Waals surface area contributed by atoms with E-state index in [4.69, 9.17) is 5.10 Å². The molecular formula is C26H26FN3O. The van der Waals surface area contributed by atoms with Crippen LogP contribution in [0.4, 0.5) is 4.39 Å². The van der Waals surface area contributed by atoms with Gasteiger partial charge < -0.3 is 5.32 Å². The lowest BCUT2D eigenvalue weighted by Gasteiger charge is -2.11. The molecule has 1 N–H and O–H groups in total. The molecule has 0 aliphatic heterocycles. The molecule has 2 aromatic carbocycles. The summed E-state index contributed by atoms with van der Waals surface area (Å²) in [5, 5.41) is 7.86. The van der Waals surface area contributed by atoms with Gasteiger partial charge in [-0.1, -0.05) is 61.9 Å². The van der Waals surface area contributed by atoms with Crippen molar-refractivity contribution in [2.24, 2.45) is 0 Å². The largest absolute Gasteiger partial charge is 0.348 e. The van der Waals surface area contributed by atoms with E-state index in [1.54, 1.807) is 12.1 Å². The molecule has 31 heavy (non-hydrogen) atoms. The first-order valence-corrected chi connectivity index (χ1v) is 10.7. The standard InChI is InChI=1S/C26H26FN3O/c1-2-10-23-24(26(31)28-18-19-11-9-14-21(27)17-19)25(20-12-5-3-6-13-20)29-30(23)22-15-7-4-8-16-22/h4-5,7-9,11-17H,2-3,6,10,18H2,1H3,(H,28,31). The second-order valence-corrected chi connectivity index (χ2v) is 7.62. The Kier molecular flexibility index (Phi) is 6.41. The Labute approximate surface area is 182 Å². The second kappa shape index (κ2) is 9.56. The summed E-state index contributed by atoms with van der Waals surface area (Å²) in [6, 6.07) is 16.2. The molecule has 0 saturated carbocycles. The van der Waals surface area contributed by atoms with E-state index in [1.807, 2.05) is 41.1 Å². The van der Waals surface area contributed by atoms with Crippen LogP contribution in [-0.4, -0.2) is 15.7 Å². The van der Waals surface area contributed by atoms with Gasteiger partial charge in [-0.2, -0.15) is 5.10 Å². The second-order valence-electron chi connectivity index (χ2n) is 7.62. The predicted molar refractivity (Wildman–Crippen MR) is 121 cm³/mol. The summed E-state index contributed by atoms with van der Waals surface area (Å²) < 4.78 is 15.4. The summed E-state index contributed by atoms with van der Waals surface area (Å²) >= 11 is 0. The van der Waals surface area contributed by atoms with Crippen LogP contribution in [0.2, 0.25) is 0 Å². The number of benzene rings is 2. The third-order valence-corrected chi connectivity index (χ3v) is 5.31. The van der Waals surface area contributed by atoms with Crippen molar-refractivity contribution < 1.29 is 9.18 Å². The number of amides is 1. The molecule has 4 rings (SSSR count). The summed E-state index contributed by atoms with van der Waals surface area (Å²) in [5.74, 6) is -0.502. The van der Waals surface area contributed by atoms with Gasteiger partial charge in [-0.15, -0.1) is 0 Å². The Morgan fingerprint density at radius 2 is 1.97 bits per heavy atom. The third-order valence-electron chi connectivity index (χ3n) is 5.31. The normalized spacial score (nSPS) is 13.2. The van der Waals surface area contributed by atoms with Gasteiger partial charge in [0.15, 0.2) is 0 Å². The third kappa shape index (κ3) is 4.66. The van der Waals surface area contributed by atoms with E-state index >= 15 is 0 Å². The number of hydrogen-bond acceptors (Lipinski definition) is 2. The number of carbonyl (C=O) groups is 1. The maximum Gasteiger partial charge on any atom is 0.255 e. The highest BCUT2D eigenvalue weighted by Gasteiger charge is 2.25. The van der Waals surface area contributed by atoms with E-state index in [1.165, 1.54) is 12.1 Å². The number of halogens is 1. The first-order chi connectivity index (χ1) is 15.2. The van der Waals surface area contributed by atoms with Crippen LogP contribution < -0.4 is 5.32 Å². The smallest absolute Gasteiger partial charge is 0.255 e. The number of nitrogens with zero attached hydrogens (tertiary/aromatic N) is 2. The molecule has 0 atom stereocenters. The van der Waals surface area contributed by atoms with Gasteiger partial charge >= 0.3 is 0 Å². The molecule has 3 aromatic rings. The van der Waals surface area contributed by atoms with Gasteiger partial charge in [-0.25, -0.2) is 9.07 Å². The van der Waals surface area contributed by atoms with E-state index in [-0.39, 0.29) is 18.3 Å². The van der Waals surface area contributed by atoms with Gasteiger partial charge in [0, 0.05) is 6.54 Å². The maximum atomic E-state index is 13.5. The molecule has 5 heteroatoms. The van der Waals surface area contributed by atoms with Crippen molar-refractivity contribution in [1.29, 1.82) is 0 Å². The van der Waals surface area contributed by atoms with Gasteiger partial charge in [-0.05, 0) is 54.7 Å². The van der Waals surface area contributed by atoms with Crippen molar-refractivity contribution in [2.45, 2.75) is 39.2 Å². The zero-order valence-corrected chi connectivity index (χ0v) is 17.6. The lowest BCUT2D eigenvalue weighted by atomic mass is 9.98. The van der Waals surface area contributed by atoms with Crippen LogP contribution in [0, 0.1) is 5.82 Å². The number of rotatable bonds is 7. The highest BCUT2D eigenvalue weighted by Crippen LogP contribution is 2.29. The minimum absolute atomic E-state index is 0.190. The van der Waals surface area contributed by atoms with Gasteiger partial charge in [0.25, 0.3) is 5.91 Å². The number of carbonyl (C=O) groups excluding carboxylic acids is 1. The van der Waals surface area contributed by atoms with E-state index < -0.39 is 0 Å². The highest BCUT2D eigenvalue weighted by atomic mass is 19.1. The number of hydrogen-bond donors (Lipinski definition) is 1. The number of aromatic nitrogens is 2. The van der Waals surface area contributed by atoms with Crippen LogP contribution in [0.1, 0.15) is 53.5 Å². The van der Waals surface area contributed by atoms with E-state index in [0.717, 1.165) is 48.2 Å². The van der Waals surface area contributed by atoms with E-state index in [0.29, 0.717) is 11.3 Å². The first kappa shape index (κ1) is 20.8. The molecular weight excluding hydrogens is 389 g/mol. The van der Waals surface area contributed by atoms with Crippen LogP contribution in [0.15, 0.2) is 72.8 Å². The molecule has 0 radical (unpaired) electrons. The van der Waals surface area contributed by atoms with E-state index in [2.05, 4.69) is 24.4 Å². The van der Waals surface area contributed by atoms with Crippen molar-refractivity contribution >= 4 is 11.5 Å². The topological polar surface area (TPSA) is 46.9 Å². The molecule has 1 amide bonds. The molecule has 4 nitrogen and oxygen atoms in total. The van der Waals surface area contributed by atoms with Crippen LogP contribution >= 0.6 is 0 Å². The molecule has 0 spiro atoms. The fourth-order valence-corrected chi connectivity index (χ4v) is 3.85. The fraction of sp³-hybridized carbons (Fsp3) is 0.231. The molecule has 0 saturated heterocycles. The number of nitrogens with one attached hydrogen (secondary N) is 1. The Morgan fingerprint density at radius 1 is 1.13 bits per heavy atom. The summed E-state index contributed by atoms with van der Waals surface area (Å²) in [4.78, 5) is 13.4. The molecule has 0 bridgehead atoms. The number of allylic oxidation sites excluding steroid dienone is 4. The summed E-state index contributed by atoms with van der Waals surface area (Å²) in [5.41, 5.74) is 4.80. The van der Waals surface area contributed by atoms with Gasteiger partial charge in [0.05, 0.1) is 16.9 Å². The van der Waals surface area contributed by atoms with Gasteiger partial charge in [-0.3, -0.25) is 4.79 Å². The molecule has 1 aliphatic rings. The molecule has 0 unspecified atom stereocenters. The maximum absolute atomic E-state index is 13.5. The van der Waals surface area contributed by atoms with Crippen molar-refractivity contribution in [3.05, 3.63) is 101 Å². The Balaban J connectivity index is 1.76. The lowest BCUT2D eigenvalue weighted by molar-refractivity contribution is 0.0949. The average Bonchev–Trinajstić information content (AvgIpc) is 3.18. The summed E-state index contributed by atoms with van der Waals surface area (Å²) in [7, 11) is 0. The van der Waals surface area contributed by atoms with Gasteiger partial charge in [0.2, 0.25) is 0 Å². The zero-order valence-electron chi connectivity index (χ0n) is 17.6. The van der Waals surface area contributed by atoms with Crippen molar-refractivity contribution in [1.82, 2.24) is 15.1 Å². The lowest BCUT2D eigenvalue weighted by Crippen LogP contribution is -2.25. The Hall–Kier alpha value is -3.47. The molecule has 1 aromatic heterocycles. The summed E-state index contributed by atoms with van der Waals surface area (Å²) in [6.07, 6.45) is 9.82. The molecule has 1 aliphatic carbocycles. The van der Waals surface area contributed by atoms with Crippen molar-refractivity contribution in [3.63, 3.8) is 0 Å². The number of para-hydroxylation sites is 1. The Bertz CT molecular complexity index is 1130. The highest BCUT2D eigenvalue weighted by molar-refractivity contribution is 6.01. The van der Waals surface area contributed by atoms with Crippen LogP contribution in [0.25, 0.3) is 11.3 Å². The average molecular weight is 416 g/mol. The Morgan fingerprint density at radius 3 is 2.68 bits per heavy atom. The molecule has 158 valence electrons. The van der Waals surface area contributed by atoms with Crippen LogP contribution in [0.3, 0.4) is 0 Å². The summed E-state index contributed by atoms with van der Waals surface area (Å²) in [6.45, 7) is 2.35. The van der Waals surface area contributed by atoms with E-state index in [9.17, 15) is 9.18 Å². The SMILES string of the molecule is CCCc1c(C(=O)NCc2cccc(F)c2)c(C2=CCCC=C2)nn1-c1ccccc1. The minimum atomic E-state index is -0.312. The van der Waals surface area contributed by atoms with Crippen molar-refractivity contribution in [3.8, 4) is 5.69 Å². The van der Waals surface area contributed by atoms with Crippen molar-refractivity contribution in [2.75, 3.05) is 0 Å². The first-order valence-electron chi connectivity index (χ1n) is 10.7. The predicted octanol–water partition coefficient (Wildman–Crippen LogP) is 5.63. The quantitative estimate of drug-likeness (QED) is 0.544. The molecule has 1 heterocycles.